The van der Waals surface area contributed by atoms with Crippen molar-refractivity contribution in [3.05, 3.63) is 75.6 Å². The SMILES string of the molecule is CC(Nc1ncnc(N)c1C#N)c1nc2cccc(Cl)c2c(=O)n1-c1cccc(NC(=O)NS(=O)(=O)C2CC2)c1. The number of halogens is 1. The fourth-order valence-electron chi connectivity index (χ4n) is 4.11. The van der Waals surface area contributed by atoms with Crippen LogP contribution in [0.5, 0.6) is 0 Å². The predicted molar refractivity (Wildman–Crippen MR) is 150 cm³/mol. The van der Waals surface area contributed by atoms with E-state index in [1.807, 2.05) is 10.8 Å². The minimum Gasteiger partial charge on any atom is -0.382 e. The van der Waals surface area contributed by atoms with Crippen LogP contribution in [0.4, 0.5) is 22.1 Å². The number of aromatic nitrogens is 4. The van der Waals surface area contributed by atoms with Crippen molar-refractivity contribution in [2.45, 2.75) is 31.1 Å². The number of sulfonamides is 1. The Morgan fingerprint density at radius 1 is 1.23 bits per heavy atom. The summed E-state index contributed by atoms with van der Waals surface area (Å²) in [7, 11) is -3.75. The molecule has 40 heavy (non-hydrogen) atoms. The van der Waals surface area contributed by atoms with Gasteiger partial charge in [-0.3, -0.25) is 9.36 Å². The highest BCUT2D eigenvalue weighted by Gasteiger charge is 2.36. The number of benzene rings is 2. The van der Waals surface area contributed by atoms with Gasteiger partial charge in [0.25, 0.3) is 5.56 Å². The highest BCUT2D eigenvalue weighted by Crippen LogP contribution is 2.28. The van der Waals surface area contributed by atoms with Crippen molar-refractivity contribution >= 4 is 55.9 Å². The highest BCUT2D eigenvalue weighted by atomic mass is 35.5. The van der Waals surface area contributed by atoms with E-state index in [0.29, 0.717) is 24.0 Å². The van der Waals surface area contributed by atoms with Gasteiger partial charge in [0.2, 0.25) is 10.0 Å². The number of hydrogen-bond acceptors (Lipinski definition) is 10. The third kappa shape index (κ3) is 5.24. The predicted octanol–water partition coefficient (Wildman–Crippen LogP) is 3.07. The first kappa shape index (κ1) is 26.9. The molecule has 5 rings (SSSR count). The molecule has 204 valence electrons. The lowest BCUT2D eigenvalue weighted by Crippen LogP contribution is -2.36. The largest absolute Gasteiger partial charge is 0.382 e. The summed E-state index contributed by atoms with van der Waals surface area (Å²) in [6, 6.07) is 11.5. The molecule has 2 aromatic carbocycles. The summed E-state index contributed by atoms with van der Waals surface area (Å²) < 4.78 is 27.6. The van der Waals surface area contributed by atoms with Crippen LogP contribution >= 0.6 is 11.6 Å². The maximum atomic E-state index is 13.8. The van der Waals surface area contributed by atoms with Gasteiger partial charge in [-0.05, 0) is 50.1 Å². The average Bonchev–Trinajstić information content (AvgIpc) is 3.75. The molecule has 1 aliphatic carbocycles. The molecule has 2 aromatic heterocycles. The molecule has 1 saturated carbocycles. The Morgan fingerprint density at radius 2 is 1.98 bits per heavy atom. The second-order valence-corrected chi connectivity index (χ2v) is 11.4. The van der Waals surface area contributed by atoms with E-state index >= 15 is 0 Å². The van der Waals surface area contributed by atoms with Crippen molar-refractivity contribution in [2.24, 2.45) is 0 Å². The van der Waals surface area contributed by atoms with Crippen LogP contribution in [0.25, 0.3) is 16.6 Å². The van der Waals surface area contributed by atoms with Crippen LogP contribution in [0.1, 0.15) is 37.2 Å². The number of nitrogen functional groups attached to an aromatic ring is 1. The first-order valence-electron chi connectivity index (χ1n) is 12.0. The molecule has 0 radical (unpaired) electrons. The number of nitrogens with two attached hydrogens (primary N) is 1. The van der Waals surface area contributed by atoms with Crippen molar-refractivity contribution in [3.8, 4) is 11.8 Å². The van der Waals surface area contributed by atoms with Crippen molar-refractivity contribution in [1.82, 2.24) is 24.2 Å². The van der Waals surface area contributed by atoms with Gasteiger partial charge in [0.05, 0.1) is 32.9 Å². The number of rotatable bonds is 7. The molecule has 0 saturated heterocycles. The molecule has 2 amide bonds. The molecule has 1 aliphatic rings. The Balaban J connectivity index is 1.58. The topological polar surface area (TPSA) is 198 Å². The van der Waals surface area contributed by atoms with Gasteiger partial charge in [-0.2, -0.15) is 5.26 Å². The quantitative estimate of drug-likeness (QED) is 0.252. The number of nitrogens with one attached hydrogen (secondary N) is 3. The minimum atomic E-state index is -3.75. The summed E-state index contributed by atoms with van der Waals surface area (Å²) in [4.78, 5) is 38.9. The maximum absolute atomic E-state index is 13.8. The lowest BCUT2D eigenvalue weighted by molar-refractivity contribution is 0.256. The molecule has 1 unspecified atom stereocenters. The van der Waals surface area contributed by atoms with Crippen LogP contribution in [0.3, 0.4) is 0 Å². The van der Waals surface area contributed by atoms with E-state index in [2.05, 4.69) is 20.6 Å². The molecule has 1 fully saturated rings. The Hall–Kier alpha value is -4.74. The molecule has 5 N–H and O–H groups in total. The maximum Gasteiger partial charge on any atom is 0.332 e. The summed E-state index contributed by atoms with van der Waals surface area (Å²) in [5, 5.41) is 14.9. The molecule has 4 aromatic rings. The lowest BCUT2D eigenvalue weighted by atomic mass is 10.2. The monoisotopic (exact) mass is 579 g/mol. The number of anilines is 3. The Morgan fingerprint density at radius 3 is 2.70 bits per heavy atom. The number of nitriles is 1. The van der Waals surface area contributed by atoms with Gasteiger partial charge in [-0.15, -0.1) is 0 Å². The van der Waals surface area contributed by atoms with Gasteiger partial charge in [0.15, 0.2) is 0 Å². The standard InChI is InChI=1S/C25H22ClN9O4S/c1-13(31-22-17(11-27)21(28)29-12-30-22)23-33-19-7-3-6-18(26)20(19)24(36)35(23)15-5-2-4-14(10-15)32-25(37)34-40(38,39)16-8-9-16/h2-7,10,12-13,16H,8-9H2,1H3,(H2,32,34,37)(H3,28,29,30,31). The molecular formula is C25H22ClN9O4S. The zero-order chi connectivity index (χ0) is 28.6. The second kappa shape index (κ2) is 10.4. The van der Waals surface area contributed by atoms with E-state index in [0.717, 1.165) is 0 Å². The van der Waals surface area contributed by atoms with Crippen LogP contribution in [-0.4, -0.2) is 39.2 Å². The van der Waals surface area contributed by atoms with Gasteiger partial charge in [-0.25, -0.2) is 32.9 Å². The summed E-state index contributed by atoms with van der Waals surface area (Å²) in [5.74, 6) is 0.376. The van der Waals surface area contributed by atoms with Crippen LogP contribution in [0.15, 0.2) is 53.6 Å². The van der Waals surface area contributed by atoms with Crippen molar-refractivity contribution in [1.29, 1.82) is 5.26 Å². The number of urea groups is 1. The zero-order valence-corrected chi connectivity index (χ0v) is 22.5. The molecule has 13 nitrogen and oxygen atoms in total. The van der Waals surface area contributed by atoms with Crippen molar-refractivity contribution < 1.29 is 13.2 Å². The van der Waals surface area contributed by atoms with Gasteiger partial charge in [0.1, 0.15) is 35.4 Å². The summed E-state index contributed by atoms with van der Waals surface area (Å²) in [6.07, 6.45) is 2.21. The zero-order valence-electron chi connectivity index (χ0n) is 20.9. The number of carbonyl (C=O) groups excluding carboxylic acids is 1. The third-order valence-corrected chi connectivity index (χ3v) is 8.30. The van der Waals surface area contributed by atoms with Crippen LogP contribution in [0.2, 0.25) is 5.02 Å². The number of fused-ring (bicyclic) bond motifs is 1. The third-order valence-electron chi connectivity index (χ3n) is 6.16. The Labute approximate surface area is 233 Å². The smallest absolute Gasteiger partial charge is 0.332 e. The average molecular weight is 580 g/mol. The Bertz CT molecular complexity index is 1870. The van der Waals surface area contributed by atoms with E-state index in [9.17, 15) is 23.3 Å². The van der Waals surface area contributed by atoms with Crippen molar-refractivity contribution in [2.75, 3.05) is 16.4 Å². The molecule has 0 bridgehead atoms. The van der Waals surface area contributed by atoms with Crippen molar-refractivity contribution in [3.63, 3.8) is 0 Å². The summed E-state index contributed by atoms with van der Waals surface area (Å²) in [6.45, 7) is 1.71. The minimum absolute atomic E-state index is 0.0106. The first-order chi connectivity index (χ1) is 19.1. The summed E-state index contributed by atoms with van der Waals surface area (Å²) >= 11 is 6.37. The van der Waals surface area contributed by atoms with E-state index in [4.69, 9.17) is 22.3 Å². The molecule has 0 aliphatic heterocycles. The van der Waals surface area contributed by atoms with Crippen LogP contribution in [0, 0.1) is 11.3 Å². The van der Waals surface area contributed by atoms with Gasteiger partial charge < -0.3 is 16.4 Å². The molecule has 15 heteroatoms. The van der Waals surface area contributed by atoms with E-state index in [1.54, 1.807) is 43.3 Å². The number of hydrogen-bond donors (Lipinski definition) is 4. The van der Waals surface area contributed by atoms with Gasteiger partial charge >= 0.3 is 6.03 Å². The van der Waals surface area contributed by atoms with E-state index in [-0.39, 0.29) is 39.1 Å². The highest BCUT2D eigenvalue weighted by molar-refractivity contribution is 7.90. The first-order valence-corrected chi connectivity index (χ1v) is 13.9. The van der Waals surface area contributed by atoms with Crippen LogP contribution < -0.4 is 26.6 Å². The molecule has 1 atom stereocenters. The van der Waals surface area contributed by atoms with E-state index < -0.39 is 32.9 Å². The number of nitrogens with zero attached hydrogens (tertiary/aromatic N) is 5. The summed E-state index contributed by atoms with van der Waals surface area (Å²) in [5.41, 5.74) is 6.26. The molecule has 2 heterocycles. The molecular weight excluding hydrogens is 558 g/mol. The number of carbonyl (C=O) groups is 1. The fourth-order valence-corrected chi connectivity index (χ4v) is 5.59. The fraction of sp³-hybridized carbons (Fsp3) is 0.200. The normalized spacial score (nSPS) is 13.8. The Kier molecular flexibility index (Phi) is 7.01. The lowest BCUT2D eigenvalue weighted by Gasteiger charge is -2.21. The van der Waals surface area contributed by atoms with Crippen LogP contribution in [-0.2, 0) is 10.0 Å². The van der Waals surface area contributed by atoms with Gasteiger partial charge in [0, 0.05) is 5.69 Å². The molecule has 0 spiro atoms. The second-order valence-electron chi connectivity index (χ2n) is 9.06. The van der Waals surface area contributed by atoms with Gasteiger partial charge in [-0.1, -0.05) is 23.7 Å². The van der Waals surface area contributed by atoms with E-state index in [1.165, 1.54) is 17.0 Å². The number of amides is 2.